The summed E-state index contributed by atoms with van der Waals surface area (Å²) < 4.78 is 39.8. The fourth-order valence-electron chi connectivity index (χ4n) is 3.87. The number of fused-ring (bicyclic) bond motifs is 6. The fourth-order valence-corrected chi connectivity index (χ4v) is 3.87. The van der Waals surface area contributed by atoms with E-state index in [1.54, 1.807) is 0 Å². The Bertz CT molecular complexity index is 1240. The minimum absolute atomic E-state index is 0.0365. The molecule has 150 valence electrons. The van der Waals surface area contributed by atoms with Gasteiger partial charge in [-0.25, -0.2) is 18.4 Å². The molecule has 2 aliphatic rings. The van der Waals surface area contributed by atoms with Crippen LogP contribution in [-0.2, 0) is 10.3 Å². The van der Waals surface area contributed by atoms with Crippen LogP contribution in [0.5, 0.6) is 23.0 Å². The summed E-state index contributed by atoms with van der Waals surface area (Å²) in [6.45, 7) is 0. The monoisotopic (exact) mass is 412 g/mol. The number of benzene rings is 3. The van der Waals surface area contributed by atoms with Gasteiger partial charge in [-0.1, -0.05) is 6.07 Å². The second-order valence-corrected chi connectivity index (χ2v) is 6.84. The second kappa shape index (κ2) is 5.69. The molecule has 0 radical (unpaired) electrons. The van der Waals surface area contributed by atoms with Crippen LogP contribution in [0.3, 0.4) is 0 Å². The number of aromatic hydroxyl groups is 2. The van der Waals surface area contributed by atoms with Crippen molar-refractivity contribution < 1.29 is 43.2 Å². The van der Waals surface area contributed by atoms with Crippen molar-refractivity contribution in [3.8, 4) is 23.0 Å². The Morgan fingerprint density at radius 1 is 0.867 bits per heavy atom. The van der Waals surface area contributed by atoms with Crippen molar-refractivity contribution in [3.63, 3.8) is 0 Å². The molecule has 0 fully saturated rings. The molecule has 3 aromatic carbocycles. The molecule has 0 amide bonds. The van der Waals surface area contributed by atoms with Crippen molar-refractivity contribution in [3.05, 3.63) is 81.9 Å². The van der Waals surface area contributed by atoms with Crippen LogP contribution in [0, 0.1) is 11.6 Å². The third kappa shape index (κ3) is 2.17. The van der Waals surface area contributed by atoms with Crippen LogP contribution in [-0.4, -0.2) is 27.3 Å². The average Bonchev–Trinajstić information content (AvgIpc) is 2.98. The Hall–Kier alpha value is -4.14. The topological polar surface area (TPSA) is 113 Å². The molecule has 0 bridgehead atoms. The van der Waals surface area contributed by atoms with Gasteiger partial charge in [0, 0.05) is 17.7 Å². The van der Waals surface area contributed by atoms with E-state index in [1.165, 1.54) is 12.1 Å². The molecule has 3 N–H and O–H groups in total. The number of aromatic carboxylic acids is 1. The van der Waals surface area contributed by atoms with Crippen LogP contribution in [0.25, 0.3) is 0 Å². The van der Waals surface area contributed by atoms with E-state index in [1.807, 2.05) is 0 Å². The molecule has 1 spiro atoms. The standard InChI is InChI=1S/C21H10F2O7/c22-13-4-11-17(6-15(13)24)29-18-7-16(25)14(23)5-12(18)21(11)10-2-1-8(19(26)27)3-9(10)20(28)30-21/h1-7,24-25H,(H,26,27). The van der Waals surface area contributed by atoms with Crippen LogP contribution in [0.1, 0.15) is 37.4 Å². The van der Waals surface area contributed by atoms with E-state index in [4.69, 9.17) is 9.47 Å². The number of hydrogen-bond acceptors (Lipinski definition) is 6. The molecular weight excluding hydrogens is 402 g/mol. The first-order valence-electron chi connectivity index (χ1n) is 8.57. The molecule has 7 nitrogen and oxygen atoms in total. The van der Waals surface area contributed by atoms with Gasteiger partial charge in [0.2, 0.25) is 0 Å². The third-order valence-corrected chi connectivity index (χ3v) is 5.19. The Morgan fingerprint density at radius 3 is 1.97 bits per heavy atom. The Kier molecular flexibility index (Phi) is 3.40. The Morgan fingerprint density at radius 2 is 1.43 bits per heavy atom. The van der Waals surface area contributed by atoms with Crippen LogP contribution >= 0.6 is 0 Å². The van der Waals surface area contributed by atoms with Gasteiger partial charge in [0.15, 0.2) is 28.7 Å². The number of hydrogen-bond donors (Lipinski definition) is 3. The van der Waals surface area contributed by atoms with Gasteiger partial charge in [-0.3, -0.25) is 0 Å². The predicted molar refractivity (Wildman–Crippen MR) is 94.9 cm³/mol. The van der Waals surface area contributed by atoms with Gasteiger partial charge in [-0.2, -0.15) is 0 Å². The lowest BCUT2D eigenvalue weighted by molar-refractivity contribution is 0.0221. The molecule has 2 aliphatic heterocycles. The van der Waals surface area contributed by atoms with Gasteiger partial charge < -0.3 is 24.8 Å². The molecule has 9 heteroatoms. The van der Waals surface area contributed by atoms with E-state index < -0.39 is 40.7 Å². The summed E-state index contributed by atoms with van der Waals surface area (Å²) in [7, 11) is 0. The van der Waals surface area contributed by atoms with Crippen molar-refractivity contribution in [2.45, 2.75) is 5.60 Å². The minimum Gasteiger partial charge on any atom is -0.505 e. The van der Waals surface area contributed by atoms with E-state index >= 15 is 0 Å². The average molecular weight is 412 g/mol. The number of ether oxygens (including phenoxy) is 2. The number of esters is 1. The highest BCUT2D eigenvalue weighted by atomic mass is 19.1. The van der Waals surface area contributed by atoms with Crippen molar-refractivity contribution >= 4 is 11.9 Å². The molecule has 2 heterocycles. The van der Waals surface area contributed by atoms with Crippen LogP contribution in [0.4, 0.5) is 8.78 Å². The van der Waals surface area contributed by atoms with Crippen molar-refractivity contribution in [2.24, 2.45) is 0 Å². The zero-order valence-corrected chi connectivity index (χ0v) is 14.8. The first-order chi connectivity index (χ1) is 14.2. The summed E-state index contributed by atoms with van der Waals surface area (Å²) in [4.78, 5) is 24.0. The number of carboxylic acids is 1. The van der Waals surface area contributed by atoms with Crippen molar-refractivity contribution in [1.82, 2.24) is 0 Å². The van der Waals surface area contributed by atoms with E-state index in [9.17, 15) is 33.7 Å². The Labute approximate surface area is 166 Å². The SMILES string of the molecule is O=C(O)c1ccc2c(c1)C(=O)OC21c2cc(F)c(O)cc2Oc2cc(O)c(F)cc21. The molecule has 0 aliphatic carbocycles. The molecule has 0 aromatic heterocycles. The Balaban J connectivity index is 1.90. The predicted octanol–water partition coefficient (Wildman–Crippen LogP) is 3.64. The highest BCUT2D eigenvalue weighted by Crippen LogP contribution is 2.57. The number of carbonyl (C=O) groups excluding carboxylic acids is 1. The smallest absolute Gasteiger partial charge is 0.340 e. The number of halogens is 2. The summed E-state index contributed by atoms with van der Waals surface area (Å²) in [5.41, 5.74) is -2.09. The second-order valence-electron chi connectivity index (χ2n) is 6.84. The van der Waals surface area contributed by atoms with E-state index in [0.29, 0.717) is 0 Å². The lowest BCUT2D eigenvalue weighted by atomic mass is 9.77. The number of rotatable bonds is 1. The van der Waals surface area contributed by atoms with E-state index in [2.05, 4.69) is 0 Å². The quantitative estimate of drug-likeness (QED) is 0.523. The first kappa shape index (κ1) is 17.9. The van der Waals surface area contributed by atoms with Crippen molar-refractivity contribution in [1.29, 1.82) is 0 Å². The lowest BCUT2D eigenvalue weighted by Crippen LogP contribution is -2.33. The number of phenolic OH excluding ortho intramolecular Hbond substituents is 2. The number of phenols is 2. The maximum Gasteiger partial charge on any atom is 0.340 e. The number of carbonyl (C=O) groups is 2. The summed E-state index contributed by atoms with van der Waals surface area (Å²) in [5.74, 6) is -5.89. The lowest BCUT2D eigenvalue weighted by Gasteiger charge is -2.36. The maximum absolute atomic E-state index is 14.3. The molecule has 5 rings (SSSR count). The molecule has 0 atom stereocenters. The normalized spacial score (nSPS) is 15.1. The molecule has 0 saturated carbocycles. The summed E-state index contributed by atoms with van der Waals surface area (Å²) in [6, 6.07) is 7.38. The largest absolute Gasteiger partial charge is 0.505 e. The fraction of sp³-hybridized carbons (Fsp3) is 0.0476. The highest BCUT2D eigenvalue weighted by Gasteiger charge is 2.54. The summed E-state index contributed by atoms with van der Waals surface area (Å²) in [6.07, 6.45) is 0. The first-order valence-corrected chi connectivity index (χ1v) is 8.57. The van der Waals surface area contributed by atoms with Crippen LogP contribution in [0.15, 0.2) is 42.5 Å². The van der Waals surface area contributed by atoms with Crippen LogP contribution < -0.4 is 4.74 Å². The van der Waals surface area contributed by atoms with Crippen molar-refractivity contribution in [2.75, 3.05) is 0 Å². The van der Waals surface area contributed by atoms with Gasteiger partial charge in [-0.15, -0.1) is 0 Å². The van der Waals surface area contributed by atoms with Crippen LogP contribution in [0.2, 0.25) is 0 Å². The zero-order valence-electron chi connectivity index (χ0n) is 14.8. The summed E-state index contributed by atoms with van der Waals surface area (Å²) in [5, 5.41) is 28.7. The highest BCUT2D eigenvalue weighted by molar-refractivity contribution is 6.00. The van der Waals surface area contributed by atoms with Gasteiger partial charge in [0.1, 0.15) is 11.5 Å². The van der Waals surface area contributed by atoms with Gasteiger partial charge in [-0.05, 0) is 24.3 Å². The van der Waals surface area contributed by atoms with Gasteiger partial charge in [0.25, 0.3) is 0 Å². The number of carboxylic acid groups (broad SMARTS) is 1. The maximum atomic E-state index is 14.3. The molecule has 30 heavy (non-hydrogen) atoms. The third-order valence-electron chi connectivity index (χ3n) is 5.19. The molecular formula is C21H10F2O7. The molecule has 0 saturated heterocycles. The summed E-state index contributed by atoms with van der Waals surface area (Å²) >= 11 is 0. The van der Waals surface area contributed by atoms with Gasteiger partial charge in [0.05, 0.1) is 22.3 Å². The molecule has 3 aromatic rings. The minimum atomic E-state index is -1.88. The molecule has 0 unspecified atom stereocenters. The van der Waals surface area contributed by atoms with E-state index in [0.717, 1.165) is 30.3 Å². The van der Waals surface area contributed by atoms with Gasteiger partial charge >= 0.3 is 11.9 Å². The van der Waals surface area contributed by atoms with E-state index in [-0.39, 0.29) is 39.3 Å². The zero-order chi connectivity index (χ0) is 21.4.